The molecule has 0 bridgehead atoms. The van der Waals surface area contributed by atoms with E-state index in [1.165, 1.54) is 7.05 Å². The number of carbonyl (C=O) groups is 2. The number of hydrogen-bond donors (Lipinski definition) is 1. The number of hydroxylamine groups is 2. The van der Waals surface area contributed by atoms with Gasteiger partial charge in [0, 0.05) is 25.1 Å². The van der Waals surface area contributed by atoms with Gasteiger partial charge in [-0.2, -0.15) is 5.10 Å². The van der Waals surface area contributed by atoms with Crippen LogP contribution in [0.5, 0.6) is 0 Å². The number of ether oxygens (including phenoxy) is 1. The molecular weight excluding hydrogens is 340 g/mol. The smallest absolute Gasteiger partial charge is 0.410 e. The van der Waals surface area contributed by atoms with Gasteiger partial charge in [-0.05, 0) is 27.7 Å². The van der Waals surface area contributed by atoms with Gasteiger partial charge in [-0.25, -0.2) is 9.86 Å². The molecule has 9 nitrogen and oxygen atoms in total. The van der Waals surface area contributed by atoms with Gasteiger partial charge in [0.1, 0.15) is 17.4 Å². The molecule has 0 spiro atoms. The van der Waals surface area contributed by atoms with Crippen molar-refractivity contribution in [3.05, 3.63) is 17.0 Å². The number of aromatic nitrogens is 2. The van der Waals surface area contributed by atoms with Crippen LogP contribution in [0.1, 0.15) is 49.4 Å². The van der Waals surface area contributed by atoms with Gasteiger partial charge in [-0.15, -0.1) is 0 Å². The van der Waals surface area contributed by atoms with Crippen molar-refractivity contribution < 1.29 is 24.3 Å². The van der Waals surface area contributed by atoms with Gasteiger partial charge in [0.25, 0.3) is 5.91 Å². The lowest BCUT2D eigenvalue weighted by molar-refractivity contribution is -0.159. The Morgan fingerprint density at radius 2 is 2.12 bits per heavy atom. The Hall–Kier alpha value is -2.13. The van der Waals surface area contributed by atoms with Crippen LogP contribution in [0.2, 0.25) is 0 Å². The maximum absolute atomic E-state index is 12.7. The van der Waals surface area contributed by atoms with E-state index in [4.69, 9.17) is 9.57 Å². The Morgan fingerprint density at radius 1 is 1.42 bits per heavy atom. The molecule has 3 heterocycles. The molecule has 2 amide bonds. The van der Waals surface area contributed by atoms with Crippen LogP contribution < -0.4 is 0 Å². The standard InChI is InChI=1S/C17H26N4O5/c1-10-6-13-12(8-20(10)16(24)25-17(2,3)4)14-15(23)19(5)26-11(9-22)7-21(14)18-13/h10-11,22H,6-9H2,1-5H3/t10-,11+/m1/s1. The SMILES string of the molecule is C[C@@H]1Cc2nn3c(c2CN1C(=O)OC(C)(C)C)C(=O)N(C)O[C@H](CO)C3. The van der Waals surface area contributed by atoms with Crippen molar-refractivity contribution in [2.75, 3.05) is 13.7 Å². The molecule has 0 radical (unpaired) electrons. The minimum atomic E-state index is -0.592. The average Bonchev–Trinajstić information content (AvgIpc) is 2.81. The molecule has 3 rings (SSSR count). The van der Waals surface area contributed by atoms with Crippen LogP contribution in [0, 0.1) is 0 Å². The van der Waals surface area contributed by atoms with Crippen molar-refractivity contribution in [3.63, 3.8) is 0 Å². The lowest BCUT2D eigenvalue weighted by Crippen LogP contribution is -2.45. The Kier molecular flexibility index (Phi) is 4.70. The molecule has 1 aromatic heterocycles. The molecule has 9 heteroatoms. The summed E-state index contributed by atoms with van der Waals surface area (Å²) in [5.41, 5.74) is 1.32. The average molecular weight is 366 g/mol. The van der Waals surface area contributed by atoms with E-state index in [0.717, 1.165) is 10.8 Å². The molecule has 0 unspecified atom stereocenters. The Balaban J connectivity index is 1.94. The van der Waals surface area contributed by atoms with Crippen LogP contribution in [0.15, 0.2) is 0 Å². The fraction of sp³-hybridized carbons (Fsp3) is 0.706. The second-order valence-corrected chi connectivity index (χ2v) is 7.83. The first-order valence-corrected chi connectivity index (χ1v) is 8.74. The number of carbonyl (C=O) groups excluding carboxylic acids is 2. The van der Waals surface area contributed by atoms with E-state index in [-0.39, 0.29) is 31.6 Å². The summed E-state index contributed by atoms with van der Waals surface area (Å²) in [7, 11) is 1.51. The first kappa shape index (κ1) is 18.7. The van der Waals surface area contributed by atoms with Crippen LogP contribution in [-0.4, -0.2) is 68.3 Å². The number of aliphatic hydroxyl groups is 1. The lowest BCUT2D eigenvalue weighted by Gasteiger charge is -2.34. The zero-order valence-electron chi connectivity index (χ0n) is 15.9. The maximum atomic E-state index is 12.7. The summed E-state index contributed by atoms with van der Waals surface area (Å²) in [6.07, 6.45) is -0.420. The van der Waals surface area contributed by atoms with E-state index in [1.807, 2.05) is 27.7 Å². The van der Waals surface area contributed by atoms with Crippen LogP contribution in [0.25, 0.3) is 0 Å². The molecule has 2 aliphatic heterocycles. The summed E-state index contributed by atoms with van der Waals surface area (Å²) in [6.45, 7) is 7.71. The van der Waals surface area contributed by atoms with Crippen LogP contribution in [0.3, 0.4) is 0 Å². The van der Waals surface area contributed by atoms with Gasteiger partial charge >= 0.3 is 6.09 Å². The third-order valence-corrected chi connectivity index (χ3v) is 4.49. The third-order valence-electron chi connectivity index (χ3n) is 4.49. The number of nitrogens with zero attached hydrogens (tertiary/aromatic N) is 4. The molecule has 0 fully saturated rings. The van der Waals surface area contributed by atoms with E-state index in [0.29, 0.717) is 17.7 Å². The number of rotatable bonds is 1. The molecule has 26 heavy (non-hydrogen) atoms. The van der Waals surface area contributed by atoms with Crippen molar-refractivity contribution in [1.29, 1.82) is 0 Å². The fourth-order valence-electron chi connectivity index (χ4n) is 3.27. The number of hydrogen-bond acceptors (Lipinski definition) is 6. The first-order valence-electron chi connectivity index (χ1n) is 8.74. The number of amides is 2. The number of aliphatic hydroxyl groups excluding tert-OH is 1. The molecule has 144 valence electrons. The van der Waals surface area contributed by atoms with E-state index in [9.17, 15) is 14.7 Å². The Bertz CT molecular complexity index is 723. The van der Waals surface area contributed by atoms with Gasteiger partial charge in [0.15, 0.2) is 0 Å². The monoisotopic (exact) mass is 366 g/mol. The van der Waals surface area contributed by atoms with Crippen molar-refractivity contribution in [2.45, 2.75) is 65.0 Å². The summed E-state index contributed by atoms with van der Waals surface area (Å²) in [5.74, 6) is -0.339. The Labute approximate surface area is 152 Å². The second kappa shape index (κ2) is 6.55. The van der Waals surface area contributed by atoms with E-state index in [1.54, 1.807) is 9.58 Å². The zero-order chi connectivity index (χ0) is 19.2. The topological polar surface area (TPSA) is 97.1 Å². The summed E-state index contributed by atoms with van der Waals surface area (Å²) >= 11 is 0. The molecular formula is C17H26N4O5. The van der Waals surface area contributed by atoms with Gasteiger partial charge < -0.3 is 14.7 Å². The minimum absolute atomic E-state index is 0.0887. The lowest BCUT2D eigenvalue weighted by atomic mass is 9.99. The second-order valence-electron chi connectivity index (χ2n) is 7.83. The number of fused-ring (bicyclic) bond motifs is 3. The fourth-order valence-corrected chi connectivity index (χ4v) is 3.27. The van der Waals surface area contributed by atoms with Gasteiger partial charge in [0.2, 0.25) is 0 Å². The highest BCUT2D eigenvalue weighted by molar-refractivity contribution is 5.94. The highest BCUT2D eigenvalue weighted by atomic mass is 16.7. The highest BCUT2D eigenvalue weighted by Crippen LogP contribution is 2.29. The maximum Gasteiger partial charge on any atom is 0.410 e. The van der Waals surface area contributed by atoms with E-state index < -0.39 is 17.8 Å². The predicted molar refractivity (Wildman–Crippen MR) is 91.2 cm³/mol. The zero-order valence-corrected chi connectivity index (χ0v) is 15.9. The van der Waals surface area contributed by atoms with Crippen molar-refractivity contribution >= 4 is 12.0 Å². The Morgan fingerprint density at radius 3 is 2.73 bits per heavy atom. The van der Waals surface area contributed by atoms with Gasteiger partial charge in [0.05, 0.1) is 25.4 Å². The summed E-state index contributed by atoms with van der Waals surface area (Å²) in [5, 5.41) is 15.1. The van der Waals surface area contributed by atoms with E-state index in [2.05, 4.69) is 5.10 Å². The van der Waals surface area contributed by atoms with Gasteiger partial charge in [-0.1, -0.05) is 0 Å². The molecule has 0 saturated heterocycles. The largest absolute Gasteiger partial charge is 0.444 e. The third kappa shape index (κ3) is 3.41. The van der Waals surface area contributed by atoms with Crippen molar-refractivity contribution in [2.24, 2.45) is 0 Å². The molecule has 2 atom stereocenters. The molecule has 0 aliphatic carbocycles. The summed E-state index contributed by atoms with van der Waals surface area (Å²) < 4.78 is 7.08. The summed E-state index contributed by atoms with van der Waals surface area (Å²) in [6, 6.07) is -0.0887. The van der Waals surface area contributed by atoms with E-state index >= 15 is 0 Å². The van der Waals surface area contributed by atoms with Crippen LogP contribution in [-0.2, 0) is 29.1 Å². The molecule has 0 saturated carbocycles. The van der Waals surface area contributed by atoms with Crippen molar-refractivity contribution in [3.8, 4) is 0 Å². The molecule has 0 aromatic carbocycles. The first-order chi connectivity index (χ1) is 12.1. The normalized spacial score (nSPS) is 23.4. The molecule has 2 aliphatic rings. The molecule has 1 aromatic rings. The van der Waals surface area contributed by atoms with Crippen LogP contribution in [0.4, 0.5) is 4.79 Å². The molecule has 1 N–H and O–H groups in total. The predicted octanol–water partition coefficient (Wildman–Crippen LogP) is 0.943. The minimum Gasteiger partial charge on any atom is -0.444 e. The highest BCUT2D eigenvalue weighted by Gasteiger charge is 2.38. The van der Waals surface area contributed by atoms with Crippen LogP contribution >= 0.6 is 0 Å². The van der Waals surface area contributed by atoms with Crippen molar-refractivity contribution in [1.82, 2.24) is 19.7 Å². The van der Waals surface area contributed by atoms with Gasteiger partial charge in [-0.3, -0.25) is 14.3 Å². The quantitative estimate of drug-likeness (QED) is 0.795. The summed E-state index contributed by atoms with van der Waals surface area (Å²) in [4.78, 5) is 32.4.